The first-order valence-electron chi connectivity index (χ1n) is 6.20. The van der Waals surface area contributed by atoms with E-state index in [4.69, 9.17) is 0 Å². The molecule has 0 aliphatic heterocycles. The highest BCUT2D eigenvalue weighted by Crippen LogP contribution is 2.06. The van der Waals surface area contributed by atoms with E-state index in [9.17, 15) is 4.79 Å². The van der Waals surface area contributed by atoms with Crippen LogP contribution in [0.3, 0.4) is 0 Å². The molecule has 0 bridgehead atoms. The molecule has 0 N–H and O–H groups in total. The summed E-state index contributed by atoms with van der Waals surface area (Å²) in [7, 11) is 0. The first kappa shape index (κ1) is 14.8. The Morgan fingerprint density at radius 3 is 2.56 bits per heavy atom. The highest BCUT2D eigenvalue weighted by molar-refractivity contribution is 7.98. The first-order valence-corrected chi connectivity index (χ1v) is 7.59. The van der Waals surface area contributed by atoms with Crippen molar-refractivity contribution in [2.24, 2.45) is 0 Å². The molecule has 1 rings (SSSR count). The van der Waals surface area contributed by atoms with Gasteiger partial charge in [0, 0.05) is 24.9 Å². The van der Waals surface area contributed by atoms with Crippen molar-refractivity contribution in [3.05, 3.63) is 41.5 Å². The quantitative estimate of drug-likeness (QED) is 0.735. The minimum Gasteiger partial charge on any atom is -0.339 e. The molecule has 0 aliphatic carbocycles. The zero-order valence-corrected chi connectivity index (χ0v) is 12.2. The van der Waals surface area contributed by atoms with E-state index in [0.717, 1.165) is 24.4 Å². The summed E-state index contributed by atoms with van der Waals surface area (Å²) in [6.45, 7) is 5.64. The standard InChI is InChI=1S/C15H21NOS/c1-4-16(11-12-18-3)15(17)10-9-14-7-5-13(2)6-8-14/h5-10H,4,11-12H2,1-3H3/b10-9+. The molecule has 3 heteroatoms. The third-order valence-corrected chi connectivity index (χ3v) is 3.35. The highest BCUT2D eigenvalue weighted by Gasteiger charge is 2.06. The van der Waals surface area contributed by atoms with Gasteiger partial charge in [-0.3, -0.25) is 4.79 Å². The Labute approximate surface area is 114 Å². The van der Waals surface area contributed by atoms with Crippen LogP contribution in [0.1, 0.15) is 18.1 Å². The van der Waals surface area contributed by atoms with Crippen LogP contribution in [0.4, 0.5) is 0 Å². The normalized spacial score (nSPS) is 10.8. The van der Waals surface area contributed by atoms with Crippen LogP contribution in [0.15, 0.2) is 30.3 Å². The van der Waals surface area contributed by atoms with Crippen LogP contribution in [0.2, 0.25) is 0 Å². The summed E-state index contributed by atoms with van der Waals surface area (Å²) in [4.78, 5) is 13.8. The van der Waals surface area contributed by atoms with Crippen molar-refractivity contribution in [2.45, 2.75) is 13.8 Å². The second-order valence-corrected chi connectivity index (χ2v) is 5.14. The number of carbonyl (C=O) groups is 1. The molecule has 0 aliphatic rings. The second-order valence-electron chi connectivity index (χ2n) is 4.15. The maximum absolute atomic E-state index is 12.0. The average molecular weight is 263 g/mol. The minimum atomic E-state index is 0.0899. The molecule has 0 atom stereocenters. The SMILES string of the molecule is CCN(CCSC)C(=O)/C=C/c1ccc(C)cc1. The van der Waals surface area contributed by atoms with E-state index in [2.05, 4.69) is 25.3 Å². The minimum absolute atomic E-state index is 0.0899. The summed E-state index contributed by atoms with van der Waals surface area (Å²) in [6.07, 6.45) is 5.60. The molecule has 0 spiro atoms. The molecule has 1 amide bonds. The van der Waals surface area contributed by atoms with E-state index in [0.29, 0.717) is 0 Å². The zero-order chi connectivity index (χ0) is 13.4. The van der Waals surface area contributed by atoms with Crippen LogP contribution in [0.25, 0.3) is 6.08 Å². The van der Waals surface area contributed by atoms with Gasteiger partial charge in [-0.15, -0.1) is 0 Å². The lowest BCUT2D eigenvalue weighted by atomic mass is 10.1. The van der Waals surface area contributed by atoms with E-state index < -0.39 is 0 Å². The average Bonchev–Trinajstić information content (AvgIpc) is 2.39. The van der Waals surface area contributed by atoms with Gasteiger partial charge < -0.3 is 4.90 Å². The fourth-order valence-corrected chi connectivity index (χ4v) is 1.98. The van der Waals surface area contributed by atoms with Crippen LogP contribution >= 0.6 is 11.8 Å². The molecule has 1 aromatic rings. The fraction of sp³-hybridized carbons (Fsp3) is 0.400. The van der Waals surface area contributed by atoms with Crippen molar-refractivity contribution < 1.29 is 4.79 Å². The summed E-state index contributed by atoms with van der Waals surface area (Å²) >= 11 is 1.76. The Balaban J connectivity index is 2.59. The molecule has 0 saturated carbocycles. The Hall–Kier alpha value is -1.22. The number of amides is 1. The van der Waals surface area contributed by atoms with Gasteiger partial charge in [-0.1, -0.05) is 29.8 Å². The van der Waals surface area contributed by atoms with Gasteiger partial charge in [0.1, 0.15) is 0 Å². The summed E-state index contributed by atoms with van der Waals surface area (Å²) < 4.78 is 0. The van der Waals surface area contributed by atoms with Crippen molar-refractivity contribution in [1.82, 2.24) is 4.90 Å². The van der Waals surface area contributed by atoms with Crippen LogP contribution in [0.5, 0.6) is 0 Å². The van der Waals surface area contributed by atoms with Crippen molar-refractivity contribution in [1.29, 1.82) is 0 Å². The van der Waals surface area contributed by atoms with Gasteiger partial charge in [-0.05, 0) is 31.7 Å². The molecule has 0 aromatic heterocycles. The fourth-order valence-electron chi connectivity index (χ4n) is 1.58. The summed E-state index contributed by atoms with van der Waals surface area (Å²) in [5, 5.41) is 0. The lowest BCUT2D eigenvalue weighted by Crippen LogP contribution is -2.31. The molecule has 0 fully saturated rings. The Morgan fingerprint density at radius 2 is 2.00 bits per heavy atom. The number of nitrogens with zero attached hydrogens (tertiary/aromatic N) is 1. The number of rotatable bonds is 6. The first-order chi connectivity index (χ1) is 8.67. The van der Waals surface area contributed by atoms with E-state index in [1.54, 1.807) is 17.8 Å². The largest absolute Gasteiger partial charge is 0.339 e. The van der Waals surface area contributed by atoms with Gasteiger partial charge in [0.25, 0.3) is 0 Å². The number of aryl methyl sites for hydroxylation is 1. The Morgan fingerprint density at radius 1 is 1.33 bits per heavy atom. The molecule has 98 valence electrons. The van der Waals surface area contributed by atoms with Gasteiger partial charge in [0.15, 0.2) is 0 Å². The van der Waals surface area contributed by atoms with Crippen molar-refractivity contribution in [3.63, 3.8) is 0 Å². The van der Waals surface area contributed by atoms with Crippen molar-refractivity contribution in [2.75, 3.05) is 25.1 Å². The number of likely N-dealkylation sites (N-methyl/N-ethyl adjacent to an activating group) is 1. The number of hydrogen-bond acceptors (Lipinski definition) is 2. The molecule has 18 heavy (non-hydrogen) atoms. The zero-order valence-electron chi connectivity index (χ0n) is 11.3. The Bertz CT molecular complexity index is 397. The van der Waals surface area contributed by atoms with Gasteiger partial charge in [-0.25, -0.2) is 0 Å². The molecule has 2 nitrogen and oxygen atoms in total. The van der Waals surface area contributed by atoms with Crippen LogP contribution in [-0.4, -0.2) is 35.9 Å². The molecular formula is C15H21NOS. The van der Waals surface area contributed by atoms with Crippen LogP contribution in [-0.2, 0) is 4.79 Å². The van der Waals surface area contributed by atoms with E-state index in [1.165, 1.54) is 5.56 Å². The van der Waals surface area contributed by atoms with Crippen molar-refractivity contribution in [3.8, 4) is 0 Å². The van der Waals surface area contributed by atoms with Crippen LogP contribution < -0.4 is 0 Å². The van der Waals surface area contributed by atoms with E-state index in [1.807, 2.05) is 30.0 Å². The maximum atomic E-state index is 12.0. The number of thioether (sulfide) groups is 1. The topological polar surface area (TPSA) is 20.3 Å². The van der Waals surface area contributed by atoms with Crippen molar-refractivity contribution >= 4 is 23.7 Å². The lowest BCUT2D eigenvalue weighted by Gasteiger charge is -2.18. The third-order valence-electron chi connectivity index (χ3n) is 2.75. The van der Waals surface area contributed by atoms with Gasteiger partial charge >= 0.3 is 0 Å². The Kier molecular flexibility index (Phi) is 6.58. The second kappa shape index (κ2) is 7.98. The van der Waals surface area contributed by atoms with Gasteiger partial charge in [0.2, 0.25) is 5.91 Å². The van der Waals surface area contributed by atoms with E-state index in [-0.39, 0.29) is 5.91 Å². The van der Waals surface area contributed by atoms with Gasteiger partial charge in [0.05, 0.1) is 0 Å². The molecular weight excluding hydrogens is 242 g/mol. The molecule has 0 heterocycles. The maximum Gasteiger partial charge on any atom is 0.246 e. The molecule has 0 saturated heterocycles. The molecule has 0 unspecified atom stereocenters. The highest BCUT2D eigenvalue weighted by atomic mass is 32.2. The monoisotopic (exact) mass is 263 g/mol. The summed E-state index contributed by atoms with van der Waals surface area (Å²) in [5.41, 5.74) is 2.29. The smallest absolute Gasteiger partial charge is 0.246 e. The number of hydrogen-bond donors (Lipinski definition) is 0. The lowest BCUT2D eigenvalue weighted by molar-refractivity contribution is -0.125. The molecule has 1 aromatic carbocycles. The predicted octanol–water partition coefficient (Wildman–Crippen LogP) is 3.22. The predicted molar refractivity (Wildman–Crippen MR) is 80.8 cm³/mol. The number of carbonyl (C=O) groups excluding carboxylic acids is 1. The number of benzene rings is 1. The van der Waals surface area contributed by atoms with E-state index >= 15 is 0 Å². The summed E-state index contributed by atoms with van der Waals surface area (Å²) in [6, 6.07) is 8.15. The molecule has 0 radical (unpaired) electrons. The van der Waals surface area contributed by atoms with Crippen LogP contribution in [0, 0.1) is 6.92 Å². The third kappa shape index (κ3) is 4.96. The summed E-state index contributed by atoms with van der Waals surface area (Å²) in [5.74, 6) is 1.07. The van der Waals surface area contributed by atoms with Gasteiger partial charge in [-0.2, -0.15) is 11.8 Å².